The third-order valence-corrected chi connectivity index (χ3v) is 3.58. The molecule has 5 nitrogen and oxygen atoms in total. The Morgan fingerprint density at radius 1 is 1.20 bits per heavy atom. The van der Waals surface area contributed by atoms with E-state index in [9.17, 15) is 4.79 Å². The highest BCUT2D eigenvalue weighted by Crippen LogP contribution is 2.27. The molecule has 1 heterocycles. The van der Waals surface area contributed by atoms with Crippen molar-refractivity contribution in [1.29, 1.82) is 0 Å². The number of urea groups is 1. The minimum absolute atomic E-state index is 0.291. The lowest BCUT2D eigenvalue weighted by molar-refractivity contribution is 0.262. The van der Waals surface area contributed by atoms with Crippen molar-refractivity contribution in [2.45, 2.75) is 32.6 Å². The summed E-state index contributed by atoms with van der Waals surface area (Å²) in [6.07, 6.45) is 4.06. The van der Waals surface area contributed by atoms with E-state index in [1.165, 1.54) is 0 Å². The molecule has 2 N–H and O–H groups in total. The molecule has 1 aromatic carbocycles. The normalized spacial score (nSPS) is 13.7. The van der Waals surface area contributed by atoms with Gasteiger partial charge in [0.05, 0.1) is 0 Å². The first-order valence-electron chi connectivity index (χ1n) is 6.85. The van der Waals surface area contributed by atoms with Crippen molar-refractivity contribution in [3.05, 3.63) is 41.2 Å². The van der Waals surface area contributed by atoms with Crippen molar-refractivity contribution in [2.24, 2.45) is 0 Å². The number of nitrogens with one attached hydrogen (secondary N) is 2. The van der Waals surface area contributed by atoms with Crippen LogP contribution in [-0.4, -0.2) is 11.2 Å². The van der Waals surface area contributed by atoms with Crippen LogP contribution in [0.5, 0.6) is 0 Å². The molecule has 1 aromatic heterocycles. The van der Waals surface area contributed by atoms with Crippen molar-refractivity contribution in [2.75, 3.05) is 10.6 Å². The summed E-state index contributed by atoms with van der Waals surface area (Å²) < 4.78 is 5.27. The van der Waals surface area contributed by atoms with Gasteiger partial charge in [-0.2, -0.15) is 0 Å². The predicted octanol–water partition coefficient (Wildman–Crippen LogP) is 3.51. The first kappa shape index (κ1) is 12.7. The van der Waals surface area contributed by atoms with Crippen LogP contribution in [-0.2, 0) is 12.8 Å². The lowest BCUT2D eigenvalue weighted by Crippen LogP contribution is -2.21. The summed E-state index contributed by atoms with van der Waals surface area (Å²) in [4.78, 5) is 12.0. The summed E-state index contributed by atoms with van der Waals surface area (Å²) in [6.45, 7) is 1.95. The van der Waals surface area contributed by atoms with Gasteiger partial charge in [-0.15, -0.1) is 0 Å². The Kier molecular flexibility index (Phi) is 3.41. The largest absolute Gasteiger partial charge is 0.359 e. The van der Waals surface area contributed by atoms with Gasteiger partial charge in [0.15, 0.2) is 5.82 Å². The lowest BCUT2D eigenvalue weighted by atomic mass is 9.98. The molecule has 0 fully saturated rings. The highest BCUT2D eigenvalue weighted by Gasteiger charge is 2.20. The molecule has 1 aliphatic carbocycles. The van der Waals surface area contributed by atoms with Gasteiger partial charge in [0, 0.05) is 17.7 Å². The summed E-state index contributed by atoms with van der Waals surface area (Å²) in [5, 5.41) is 9.55. The molecule has 0 radical (unpaired) electrons. The standard InChI is InChI=1S/C15H17N3O2/c1-10-6-2-4-8-12(10)16-15(19)17-14-11-7-3-5-9-13(11)20-18-14/h2,4,6,8H,3,5,7,9H2,1H3,(H2,16,17,18,19). The Balaban J connectivity index is 1.70. The zero-order valence-electron chi connectivity index (χ0n) is 11.4. The summed E-state index contributed by atoms with van der Waals surface area (Å²) in [6, 6.07) is 7.36. The van der Waals surface area contributed by atoms with Gasteiger partial charge in [0.1, 0.15) is 5.76 Å². The Bertz CT molecular complexity index is 634. The number of aryl methyl sites for hydroxylation is 2. The molecule has 0 saturated heterocycles. The van der Waals surface area contributed by atoms with Crippen LogP contribution in [0.4, 0.5) is 16.3 Å². The smallest absolute Gasteiger partial charge is 0.324 e. The zero-order chi connectivity index (χ0) is 13.9. The molecule has 3 rings (SSSR count). The molecule has 20 heavy (non-hydrogen) atoms. The number of para-hydroxylation sites is 1. The number of carbonyl (C=O) groups excluding carboxylic acids is 1. The maximum atomic E-state index is 12.0. The number of anilines is 2. The second-order valence-corrected chi connectivity index (χ2v) is 5.03. The van der Waals surface area contributed by atoms with Crippen molar-refractivity contribution < 1.29 is 9.32 Å². The monoisotopic (exact) mass is 271 g/mol. The molecule has 0 aliphatic heterocycles. The Hall–Kier alpha value is -2.30. The molecule has 2 amide bonds. The summed E-state index contributed by atoms with van der Waals surface area (Å²) >= 11 is 0. The van der Waals surface area contributed by atoms with Crippen LogP contribution in [0.3, 0.4) is 0 Å². The van der Waals surface area contributed by atoms with E-state index >= 15 is 0 Å². The number of rotatable bonds is 2. The van der Waals surface area contributed by atoms with Crippen LogP contribution < -0.4 is 10.6 Å². The number of hydrogen-bond acceptors (Lipinski definition) is 3. The minimum Gasteiger partial charge on any atom is -0.359 e. The fraction of sp³-hybridized carbons (Fsp3) is 0.333. The first-order valence-corrected chi connectivity index (χ1v) is 6.85. The van der Waals surface area contributed by atoms with E-state index in [2.05, 4.69) is 15.8 Å². The number of aromatic nitrogens is 1. The van der Waals surface area contributed by atoms with E-state index in [1.54, 1.807) is 0 Å². The molecule has 104 valence electrons. The van der Waals surface area contributed by atoms with E-state index < -0.39 is 0 Å². The van der Waals surface area contributed by atoms with E-state index in [0.29, 0.717) is 5.82 Å². The molecular weight excluding hydrogens is 254 g/mol. The third-order valence-electron chi connectivity index (χ3n) is 3.58. The van der Waals surface area contributed by atoms with Gasteiger partial charge in [-0.25, -0.2) is 4.79 Å². The summed E-state index contributed by atoms with van der Waals surface area (Å²) in [5.41, 5.74) is 2.85. The zero-order valence-corrected chi connectivity index (χ0v) is 11.4. The van der Waals surface area contributed by atoms with Crippen molar-refractivity contribution in [1.82, 2.24) is 5.16 Å². The van der Waals surface area contributed by atoms with E-state index in [1.807, 2.05) is 31.2 Å². The fourth-order valence-electron chi connectivity index (χ4n) is 2.46. The Morgan fingerprint density at radius 2 is 2.00 bits per heavy atom. The van der Waals surface area contributed by atoms with Crippen molar-refractivity contribution >= 4 is 17.5 Å². The van der Waals surface area contributed by atoms with Crippen LogP contribution in [0.25, 0.3) is 0 Å². The Morgan fingerprint density at radius 3 is 2.85 bits per heavy atom. The van der Waals surface area contributed by atoms with Gasteiger partial charge >= 0.3 is 6.03 Å². The molecule has 0 atom stereocenters. The third kappa shape index (κ3) is 2.52. The maximum Gasteiger partial charge on any atom is 0.324 e. The number of hydrogen-bond donors (Lipinski definition) is 2. The van der Waals surface area contributed by atoms with Gasteiger partial charge in [0.2, 0.25) is 0 Å². The summed E-state index contributed by atoms with van der Waals surface area (Å²) in [5.74, 6) is 1.45. The summed E-state index contributed by atoms with van der Waals surface area (Å²) in [7, 11) is 0. The topological polar surface area (TPSA) is 67.2 Å². The van der Waals surface area contributed by atoms with Gasteiger partial charge in [-0.05, 0) is 37.8 Å². The van der Waals surface area contributed by atoms with Gasteiger partial charge in [0.25, 0.3) is 0 Å². The molecule has 0 bridgehead atoms. The molecule has 0 unspecified atom stereocenters. The maximum absolute atomic E-state index is 12.0. The van der Waals surface area contributed by atoms with E-state index in [4.69, 9.17) is 4.52 Å². The predicted molar refractivity (Wildman–Crippen MR) is 77.0 cm³/mol. The number of fused-ring (bicyclic) bond motifs is 1. The number of carbonyl (C=O) groups is 1. The Labute approximate surface area is 117 Å². The second kappa shape index (κ2) is 5.36. The number of amides is 2. The minimum atomic E-state index is -0.291. The molecule has 2 aromatic rings. The van der Waals surface area contributed by atoms with Gasteiger partial charge in [-0.1, -0.05) is 23.4 Å². The highest BCUT2D eigenvalue weighted by atomic mass is 16.5. The molecule has 5 heteroatoms. The number of nitrogens with zero attached hydrogens (tertiary/aromatic N) is 1. The van der Waals surface area contributed by atoms with Crippen LogP contribution in [0, 0.1) is 6.92 Å². The van der Waals surface area contributed by atoms with Crippen LogP contribution in [0.1, 0.15) is 29.7 Å². The van der Waals surface area contributed by atoms with Crippen LogP contribution >= 0.6 is 0 Å². The van der Waals surface area contributed by atoms with Crippen molar-refractivity contribution in [3.63, 3.8) is 0 Å². The van der Waals surface area contributed by atoms with Crippen LogP contribution in [0.2, 0.25) is 0 Å². The average Bonchev–Trinajstić information content (AvgIpc) is 2.85. The molecule has 0 spiro atoms. The van der Waals surface area contributed by atoms with Crippen LogP contribution in [0.15, 0.2) is 28.8 Å². The highest BCUT2D eigenvalue weighted by molar-refractivity contribution is 6.00. The lowest BCUT2D eigenvalue weighted by Gasteiger charge is -2.11. The fourth-order valence-corrected chi connectivity index (χ4v) is 2.46. The molecular formula is C15H17N3O2. The van der Waals surface area contributed by atoms with Crippen molar-refractivity contribution in [3.8, 4) is 0 Å². The number of benzene rings is 1. The van der Waals surface area contributed by atoms with E-state index in [-0.39, 0.29) is 6.03 Å². The van der Waals surface area contributed by atoms with Gasteiger partial charge < -0.3 is 9.84 Å². The SMILES string of the molecule is Cc1ccccc1NC(=O)Nc1noc2c1CCCC2. The molecule has 0 saturated carbocycles. The van der Waals surface area contributed by atoms with Gasteiger partial charge in [-0.3, -0.25) is 5.32 Å². The first-order chi connectivity index (χ1) is 9.74. The molecule has 1 aliphatic rings. The second-order valence-electron chi connectivity index (χ2n) is 5.03. The average molecular weight is 271 g/mol. The van der Waals surface area contributed by atoms with E-state index in [0.717, 1.165) is 48.3 Å². The quantitative estimate of drug-likeness (QED) is 0.878.